The molecule has 0 spiro atoms. The molecule has 1 N–H and O–H groups in total. The predicted molar refractivity (Wildman–Crippen MR) is 90.4 cm³/mol. The van der Waals surface area contributed by atoms with Crippen LogP contribution in [0.1, 0.15) is 24.1 Å². The van der Waals surface area contributed by atoms with Crippen LogP contribution in [0.2, 0.25) is 0 Å². The van der Waals surface area contributed by atoms with E-state index in [2.05, 4.69) is 62.3 Å². The summed E-state index contributed by atoms with van der Waals surface area (Å²) in [6.07, 6.45) is 0. The number of rotatable bonds is 5. The molecule has 0 aliphatic rings. The van der Waals surface area contributed by atoms with Gasteiger partial charge >= 0.3 is 0 Å². The fourth-order valence-electron chi connectivity index (χ4n) is 2.23. The third-order valence-electron chi connectivity index (χ3n) is 3.09. The van der Waals surface area contributed by atoms with Crippen molar-refractivity contribution in [3.05, 3.63) is 62.5 Å². The first-order chi connectivity index (χ1) is 9.65. The Morgan fingerprint density at radius 1 is 1.10 bits per heavy atom. The van der Waals surface area contributed by atoms with Crippen molar-refractivity contribution in [1.82, 2.24) is 5.32 Å². The van der Waals surface area contributed by atoms with Gasteiger partial charge in [-0.15, -0.1) is 0 Å². The van der Waals surface area contributed by atoms with Gasteiger partial charge < -0.3 is 10.1 Å². The molecule has 0 aliphatic heterocycles. The first kappa shape index (κ1) is 15.5. The van der Waals surface area contributed by atoms with Crippen LogP contribution in [0.25, 0.3) is 0 Å². The van der Waals surface area contributed by atoms with Gasteiger partial charge in [0.15, 0.2) is 0 Å². The van der Waals surface area contributed by atoms with Crippen LogP contribution in [0.3, 0.4) is 0 Å². The molecular formula is C16H17Br2NO. The molecule has 0 saturated carbocycles. The molecule has 0 aliphatic carbocycles. The molecule has 1 atom stereocenters. The molecule has 2 aromatic carbocycles. The molecule has 106 valence electrons. The largest absolute Gasteiger partial charge is 0.496 e. The van der Waals surface area contributed by atoms with E-state index in [9.17, 15) is 0 Å². The average molecular weight is 399 g/mol. The molecule has 2 aromatic rings. The van der Waals surface area contributed by atoms with E-state index in [1.165, 1.54) is 5.56 Å². The Kier molecular flexibility index (Phi) is 5.64. The summed E-state index contributed by atoms with van der Waals surface area (Å²) in [4.78, 5) is 0. The van der Waals surface area contributed by atoms with Gasteiger partial charge in [-0.1, -0.05) is 50.9 Å². The van der Waals surface area contributed by atoms with Crippen LogP contribution in [-0.2, 0) is 0 Å². The Morgan fingerprint density at radius 2 is 1.85 bits per heavy atom. The zero-order valence-corrected chi connectivity index (χ0v) is 14.7. The summed E-state index contributed by atoms with van der Waals surface area (Å²) in [5.74, 6) is 0.888. The third kappa shape index (κ3) is 3.62. The molecule has 0 aromatic heterocycles. The number of benzene rings is 2. The van der Waals surface area contributed by atoms with Crippen LogP contribution in [0.5, 0.6) is 5.75 Å². The Hall–Kier alpha value is -0.840. The molecule has 4 heteroatoms. The lowest BCUT2D eigenvalue weighted by atomic mass is 9.98. The highest BCUT2D eigenvalue weighted by molar-refractivity contribution is 9.10. The topological polar surface area (TPSA) is 21.3 Å². The van der Waals surface area contributed by atoms with E-state index in [4.69, 9.17) is 4.74 Å². The minimum Gasteiger partial charge on any atom is -0.496 e. The highest BCUT2D eigenvalue weighted by atomic mass is 79.9. The smallest absolute Gasteiger partial charge is 0.124 e. The maximum Gasteiger partial charge on any atom is 0.124 e. The molecule has 1 unspecified atom stereocenters. The van der Waals surface area contributed by atoms with Crippen LogP contribution in [0, 0.1) is 0 Å². The second-order valence-corrected chi connectivity index (χ2v) is 6.26. The molecule has 2 rings (SSSR count). The van der Waals surface area contributed by atoms with Crippen molar-refractivity contribution in [3.63, 3.8) is 0 Å². The first-order valence-electron chi connectivity index (χ1n) is 6.48. The van der Waals surface area contributed by atoms with Gasteiger partial charge in [-0.25, -0.2) is 0 Å². The van der Waals surface area contributed by atoms with E-state index < -0.39 is 0 Å². The van der Waals surface area contributed by atoms with Crippen molar-refractivity contribution >= 4 is 31.9 Å². The Labute approximate surface area is 136 Å². The summed E-state index contributed by atoms with van der Waals surface area (Å²) < 4.78 is 7.63. The molecule has 0 bridgehead atoms. The summed E-state index contributed by atoms with van der Waals surface area (Å²) >= 11 is 7.08. The number of ether oxygens (including phenoxy) is 1. The summed E-state index contributed by atoms with van der Waals surface area (Å²) in [6.45, 7) is 2.99. The molecule has 0 amide bonds. The lowest BCUT2D eigenvalue weighted by molar-refractivity contribution is 0.404. The zero-order valence-electron chi connectivity index (χ0n) is 11.5. The summed E-state index contributed by atoms with van der Waals surface area (Å²) in [5.41, 5.74) is 2.33. The number of nitrogens with one attached hydrogen (secondary N) is 1. The number of methoxy groups -OCH3 is 1. The monoisotopic (exact) mass is 397 g/mol. The number of hydrogen-bond donors (Lipinski definition) is 1. The van der Waals surface area contributed by atoms with E-state index in [1.54, 1.807) is 7.11 Å². The van der Waals surface area contributed by atoms with E-state index in [0.29, 0.717) is 0 Å². The number of halogens is 2. The van der Waals surface area contributed by atoms with Gasteiger partial charge in [0.2, 0.25) is 0 Å². The SMILES string of the molecule is CCNC(c1cccc(Br)c1)c1cc(Br)ccc1OC. The van der Waals surface area contributed by atoms with Crippen LogP contribution in [0.4, 0.5) is 0 Å². The second kappa shape index (κ2) is 7.25. The van der Waals surface area contributed by atoms with E-state index in [0.717, 1.165) is 26.8 Å². The molecule has 2 nitrogen and oxygen atoms in total. The van der Waals surface area contributed by atoms with Gasteiger partial charge in [-0.2, -0.15) is 0 Å². The maximum absolute atomic E-state index is 5.51. The Morgan fingerprint density at radius 3 is 2.50 bits per heavy atom. The highest BCUT2D eigenvalue weighted by Gasteiger charge is 2.18. The maximum atomic E-state index is 5.51. The van der Waals surface area contributed by atoms with E-state index >= 15 is 0 Å². The summed E-state index contributed by atoms with van der Waals surface area (Å²) in [6, 6.07) is 14.5. The first-order valence-corrected chi connectivity index (χ1v) is 8.06. The quantitative estimate of drug-likeness (QED) is 0.771. The van der Waals surface area contributed by atoms with Crippen molar-refractivity contribution < 1.29 is 4.74 Å². The fourth-order valence-corrected chi connectivity index (χ4v) is 3.02. The Bertz CT molecular complexity index is 586. The molecular weight excluding hydrogens is 382 g/mol. The minimum absolute atomic E-state index is 0.102. The fraction of sp³-hybridized carbons (Fsp3) is 0.250. The molecule has 20 heavy (non-hydrogen) atoms. The number of hydrogen-bond acceptors (Lipinski definition) is 2. The molecule has 0 saturated heterocycles. The average Bonchev–Trinajstić information content (AvgIpc) is 2.44. The predicted octanol–water partition coefficient (Wildman–Crippen LogP) is 4.92. The van der Waals surface area contributed by atoms with Gasteiger partial charge in [0.05, 0.1) is 13.2 Å². The van der Waals surface area contributed by atoms with Crippen molar-refractivity contribution in [2.24, 2.45) is 0 Å². The van der Waals surface area contributed by atoms with Crippen LogP contribution >= 0.6 is 31.9 Å². The van der Waals surface area contributed by atoms with E-state index in [1.807, 2.05) is 24.3 Å². The van der Waals surface area contributed by atoms with Crippen molar-refractivity contribution in [1.29, 1.82) is 0 Å². The highest BCUT2D eigenvalue weighted by Crippen LogP contribution is 2.33. The van der Waals surface area contributed by atoms with Gasteiger partial charge in [-0.3, -0.25) is 0 Å². The normalized spacial score (nSPS) is 12.2. The minimum atomic E-state index is 0.102. The standard InChI is InChI=1S/C16H17Br2NO/c1-3-19-16(11-5-4-6-12(17)9-11)14-10-13(18)7-8-15(14)20-2/h4-10,16,19H,3H2,1-2H3. The summed E-state index contributed by atoms with van der Waals surface area (Å²) in [5, 5.41) is 3.52. The van der Waals surface area contributed by atoms with E-state index in [-0.39, 0.29) is 6.04 Å². The molecule has 0 fully saturated rings. The van der Waals surface area contributed by atoms with Gasteiger partial charge in [0.1, 0.15) is 5.75 Å². The summed E-state index contributed by atoms with van der Waals surface area (Å²) in [7, 11) is 1.71. The molecule has 0 heterocycles. The van der Waals surface area contributed by atoms with Gasteiger partial charge in [0, 0.05) is 14.5 Å². The van der Waals surface area contributed by atoms with Crippen LogP contribution < -0.4 is 10.1 Å². The van der Waals surface area contributed by atoms with Crippen LogP contribution in [-0.4, -0.2) is 13.7 Å². The lowest BCUT2D eigenvalue weighted by Crippen LogP contribution is -2.22. The van der Waals surface area contributed by atoms with Gasteiger partial charge in [0.25, 0.3) is 0 Å². The van der Waals surface area contributed by atoms with Gasteiger partial charge in [-0.05, 0) is 42.4 Å². The van der Waals surface area contributed by atoms with Crippen molar-refractivity contribution in [2.45, 2.75) is 13.0 Å². The Balaban J connectivity index is 2.50. The third-order valence-corrected chi connectivity index (χ3v) is 4.08. The van der Waals surface area contributed by atoms with Crippen LogP contribution in [0.15, 0.2) is 51.4 Å². The second-order valence-electron chi connectivity index (χ2n) is 4.43. The zero-order chi connectivity index (χ0) is 14.5. The molecule has 0 radical (unpaired) electrons. The van der Waals surface area contributed by atoms with Crippen molar-refractivity contribution in [2.75, 3.05) is 13.7 Å². The lowest BCUT2D eigenvalue weighted by Gasteiger charge is -2.22. The van der Waals surface area contributed by atoms with Crippen molar-refractivity contribution in [3.8, 4) is 5.75 Å².